The Balaban J connectivity index is 2.32. The number of carbonyl (C=O) groups excluding carboxylic acids is 2. The van der Waals surface area contributed by atoms with E-state index >= 15 is 0 Å². The van der Waals surface area contributed by atoms with Crippen molar-refractivity contribution in [1.82, 2.24) is 10.2 Å². The number of nitrogens with one attached hydrogen (secondary N) is 1. The number of likely N-dealkylation sites (tertiary alicyclic amines) is 1. The molecule has 0 aromatic rings. The lowest BCUT2D eigenvalue weighted by molar-refractivity contribution is -0.133. The summed E-state index contributed by atoms with van der Waals surface area (Å²) in [6.45, 7) is 4.81. The largest absolute Gasteiger partial charge is 0.388 e. The van der Waals surface area contributed by atoms with Gasteiger partial charge in [0.1, 0.15) is 0 Å². The van der Waals surface area contributed by atoms with Gasteiger partial charge in [0.15, 0.2) is 0 Å². The summed E-state index contributed by atoms with van der Waals surface area (Å²) in [4.78, 5) is 24.5. The van der Waals surface area contributed by atoms with Crippen LogP contribution in [0.2, 0.25) is 0 Å². The van der Waals surface area contributed by atoms with Crippen LogP contribution in [0.3, 0.4) is 0 Å². The molecule has 5 heteroatoms. The number of amides is 2. The predicted octanol–water partition coefficient (Wildman–Crippen LogP) is 0.276. The maximum atomic E-state index is 11.6. The molecule has 1 saturated heterocycles. The van der Waals surface area contributed by atoms with Gasteiger partial charge in [0, 0.05) is 19.5 Å². The smallest absolute Gasteiger partial charge is 0.239 e. The first-order valence-electron chi connectivity index (χ1n) is 6.27. The molecule has 1 aliphatic heterocycles. The Morgan fingerprint density at radius 1 is 1.47 bits per heavy atom. The molecule has 0 unspecified atom stereocenters. The van der Waals surface area contributed by atoms with E-state index in [1.807, 2.05) is 13.8 Å². The van der Waals surface area contributed by atoms with Gasteiger partial charge in [-0.2, -0.15) is 0 Å². The van der Waals surface area contributed by atoms with E-state index in [1.54, 1.807) is 4.90 Å². The molecular weight excluding hydrogens is 220 g/mol. The Morgan fingerprint density at radius 3 is 2.59 bits per heavy atom. The van der Waals surface area contributed by atoms with Gasteiger partial charge in [-0.3, -0.25) is 9.59 Å². The summed E-state index contributed by atoms with van der Waals surface area (Å²) in [6.07, 6.45) is 2.58. The van der Waals surface area contributed by atoms with Crippen LogP contribution in [0.4, 0.5) is 0 Å². The lowest BCUT2D eigenvalue weighted by Crippen LogP contribution is -2.45. The summed E-state index contributed by atoms with van der Waals surface area (Å²) in [5, 5.41) is 12.7. The van der Waals surface area contributed by atoms with Crippen molar-refractivity contribution in [3.63, 3.8) is 0 Å². The van der Waals surface area contributed by atoms with Gasteiger partial charge in [-0.05, 0) is 19.3 Å². The number of rotatable bonds is 6. The molecule has 2 N–H and O–H groups in total. The Hall–Kier alpha value is -1.10. The average molecular weight is 242 g/mol. The van der Waals surface area contributed by atoms with Gasteiger partial charge in [0.25, 0.3) is 0 Å². The van der Waals surface area contributed by atoms with Crippen molar-refractivity contribution in [2.45, 2.75) is 45.1 Å². The fraction of sp³-hybridized carbons (Fsp3) is 0.833. The van der Waals surface area contributed by atoms with Crippen molar-refractivity contribution in [2.75, 3.05) is 19.6 Å². The number of hydrogen-bond donors (Lipinski definition) is 2. The second kappa shape index (κ2) is 6.00. The molecule has 0 radical (unpaired) electrons. The summed E-state index contributed by atoms with van der Waals surface area (Å²) in [5.74, 6) is -0.151. The van der Waals surface area contributed by atoms with E-state index in [0.29, 0.717) is 25.8 Å². The minimum absolute atomic E-state index is 0.0430. The number of hydrogen-bond acceptors (Lipinski definition) is 3. The molecule has 0 bridgehead atoms. The number of aliphatic hydroxyl groups is 1. The molecule has 0 saturated carbocycles. The molecule has 0 spiro atoms. The lowest BCUT2D eigenvalue weighted by Gasteiger charge is -2.26. The van der Waals surface area contributed by atoms with Gasteiger partial charge >= 0.3 is 0 Å². The topological polar surface area (TPSA) is 69.6 Å². The summed E-state index contributed by atoms with van der Waals surface area (Å²) < 4.78 is 0. The third kappa shape index (κ3) is 4.00. The quantitative estimate of drug-likeness (QED) is 0.702. The maximum Gasteiger partial charge on any atom is 0.239 e. The van der Waals surface area contributed by atoms with E-state index in [2.05, 4.69) is 5.32 Å². The third-order valence-electron chi connectivity index (χ3n) is 3.44. The molecule has 1 aliphatic rings. The normalized spacial score (nSPS) is 16.4. The monoisotopic (exact) mass is 242 g/mol. The highest BCUT2D eigenvalue weighted by atomic mass is 16.3. The second-order valence-corrected chi connectivity index (χ2v) is 4.63. The van der Waals surface area contributed by atoms with Crippen LogP contribution in [0.1, 0.15) is 39.5 Å². The van der Waals surface area contributed by atoms with Crippen molar-refractivity contribution in [3.05, 3.63) is 0 Å². The van der Waals surface area contributed by atoms with Crippen LogP contribution < -0.4 is 5.32 Å². The van der Waals surface area contributed by atoms with Crippen LogP contribution >= 0.6 is 0 Å². The summed E-state index contributed by atoms with van der Waals surface area (Å²) in [6, 6.07) is 0. The molecule has 17 heavy (non-hydrogen) atoms. The van der Waals surface area contributed by atoms with Crippen LogP contribution in [0.15, 0.2) is 0 Å². The average Bonchev–Trinajstić information content (AvgIpc) is 2.72. The van der Waals surface area contributed by atoms with Gasteiger partial charge in [-0.15, -0.1) is 0 Å². The fourth-order valence-electron chi connectivity index (χ4n) is 1.86. The molecule has 0 aromatic heterocycles. The highest BCUT2D eigenvalue weighted by Crippen LogP contribution is 2.13. The van der Waals surface area contributed by atoms with E-state index in [4.69, 9.17) is 0 Å². The highest BCUT2D eigenvalue weighted by molar-refractivity contribution is 5.85. The first-order chi connectivity index (χ1) is 8.00. The zero-order valence-electron chi connectivity index (χ0n) is 10.7. The van der Waals surface area contributed by atoms with Gasteiger partial charge < -0.3 is 15.3 Å². The molecule has 0 aliphatic carbocycles. The van der Waals surface area contributed by atoms with Gasteiger partial charge in [-0.25, -0.2) is 0 Å². The molecular formula is C12H22N2O3. The zero-order chi connectivity index (χ0) is 12.9. The van der Waals surface area contributed by atoms with Crippen LogP contribution in [0.5, 0.6) is 0 Å². The maximum absolute atomic E-state index is 11.6. The first kappa shape index (κ1) is 14.0. The van der Waals surface area contributed by atoms with Crippen LogP contribution in [0, 0.1) is 0 Å². The molecule has 0 aromatic carbocycles. The summed E-state index contributed by atoms with van der Waals surface area (Å²) in [7, 11) is 0. The summed E-state index contributed by atoms with van der Waals surface area (Å²) >= 11 is 0. The molecule has 1 fully saturated rings. The van der Waals surface area contributed by atoms with Crippen LogP contribution in [-0.2, 0) is 9.59 Å². The second-order valence-electron chi connectivity index (χ2n) is 4.63. The van der Waals surface area contributed by atoms with Crippen molar-refractivity contribution >= 4 is 11.8 Å². The standard InChI is InChI=1S/C12H22N2O3/c1-3-12(17,4-2)9-13-10(15)8-14-7-5-6-11(14)16/h17H,3-9H2,1-2H3,(H,13,15). The molecule has 2 amide bonds. The third-order valence-corrected chi connectivity index (χ3v) is 3.44. The van der Waals surface area contributed by atoms with Gasteiger partial charge in [0.2, 0.25) is 11.8 Å². The van der Waals surface area contributed by atoms with Gasteiger partial charge in [-0.1, -0.05) is 13.8 Å². The highest BCUT2D eigenvalue weighted by Gasteiger charge is 2.25. The van der Waals surface area contributed by atoms with Crippen LogP contribution in [0.25, 0.3) is 0 Å². The van der Waals surface area contributed by atoms with Crippen molar-refractivity contribution in [3.8, 4) is 0 Å². The summed E-state index contributed by atoms with van der Waals surface area (Å²) in [5.41, 5.74) is -0.829. The number of nitrogens with zero attached hydrogens (tertiary/aromatic N) is 1. The SMILES string of the molecule is CCC(O)(CC)CNC(=O)CN1CCCC1=O. The van der Waals surface area contributed by atoms with Crippen molar-refractivity contribution in [2.24, 2.45) is 0 Å². The lowest BCUT2D eigenvalue weighted by atomic mass is 9.98. The van der Waals surface area contributed by atoms with E-state index in [0.717, 1.165) is 6.42 Å². The molecule has 5 nitrogen and oxygen atoms in total. The van der Waals surface area contributed by atoms with E-state index in [9.17, 15) is 14.7 Å². The minimum atomic E-state index is -0.829. The minimum Gasteiger partial charge on any atom is -0.388 e. The van der Waals surface area contributed by atoms with Crippen molar-refractivity contribution in [1.29, 1.82) is 0 Å². The van der Waals surface area contributed by atoms with E-state index < -0.39 is 5.60 Å². The van der Waals surface area contributed by atoms with Gasteiger partial charge in [0.05, 0.1) is 12.1 Å². The molecule has 0 atom stereocenters. The Kier molecular flexibility index (Phi) is 4.93. The zero-order valence-corrected chi connectivity index (χ0v) is 10.7. The van der Waals surface area contributed by atoms with Crippen LogP contribution in [-0.4, -0.2) is 47.1 Å². The Bertz CT molecular complexity index is 287. The molecule has 1 rings (SSSR count). The molecule has 98 valence electrons. The van der Waals surface area contributed by atoms with E-state index in [1.165, 1.54) is 0 Å². The Labute approximate surface area is 102 Å². The predicted molar refractivity (Wildman–Crippen MR) is 64.4 cm³/mol. The fourth-order valence-corrected chi connectivity index (χ4v) is 1.86. The first-order valence-corrected chi connectivity index (χ1v) is 6.27. The van der Waals surface area contributed by atoms with E-state index in [-0.39, 0.29) is 24.9 Å². The van der Waals surface area contributed by atoms with Crippen molar-refractivity contribution < 1.29 is 14.7 Å². The number of carbonyl (C=O) groups is 2. The Morgan fingerprint density at radius 2 is 2.12 bits per heavy atom. The molecule has 1 heterocycles.